The molecule has 1 rings (SSSR count). The van der Waals surface area contributed by atoms with Gasteiger partial charge in [0.2, 0.25) is 0 Å². The Bertz CT molecular complexity index is 619. The number of benzene rings is 1. The third-order valence-electron chi connectivity index (χ3n) is 3.31. The van der Waals surface area contributed by atoms with E-state index in [1.807, 2.05) is 0 Å². The van der Waals surface area contributed by atoms with Crippen molar-refractivity contribution in [3.8, 4) is 0 Å². The van der Waals surface area contributed by atoms with Crippen molar-refractivity contribution < 1.29 is 57.8 Å². The summed E-state index contributed by atoms with van der Waals surface area (Å²) < 4.78 is 153. The Balaban J connectivity index is 3.21. The summed E-state index contributed by atoms with van der Waals surface area (Å²) in [5.41, 5.74) is -0.687. The van der Waals surface area contributed by atoms with Crippen LogP contribution in [0.4, 0.5) is 52.7 Å². The SMILES string of the molecule is OC(CC(F)(F)C(F)(F)C(F)(F)C(F)(F)C(F)(F)F)c1ccc(F)cc1. The third kappa shape index (κ3) is 3.58. The number of alkyl halides is 11. The normalized spacial score (nSPS) is 15.9. The van der Waals surface area contributed by atoms with Crippen LogP contribution in [-0.2, 0) is 0 Å². The second kappa shape index (κ2) is 6.50. The summed E-state index contributed by atoms with van der Waals surface area (Å²) in [4.78, 5) is 0. The van der Waals surface area contributed by atoms with Crippen molar-refractivity contribution in [1.29, 1.82) is 0 Å². The molecule has 0 saturated carbocycles. The molecule has 1 unspecified atom stereocenters. The molecule has 0 heterocycles. The molecule has 1 atom stereocenters. The fourth-order valence-corrected chi connectivity index (χ4v) is 1.78. The van der Waals surface area contributed by atoms with Gasteiger partial charge in [0.25, 0.3) is 0 Å². The first-order valence-corrected chi connectivity index (χ1v) is 6.40. The zero-order valence-electron chi connectivity index (χ0n) is 12.1. The van der Waals surface area contributed by atoms with E-state index in [-0.39, 0.29) is 0 Å². The Labute approximate surface area is 137 Å². The molecule has 1 N–H and O–H groups in total. The maximum atomic E-state index is 13.5. The van der Waals surface area contributed by atoms with E-state index in [9.17, 15) is 57.8 Å². The number of hydrogen-bond donors (Lipinski definition) is 1. The number of hydrogen-bond acceptors (Lipinski definition) is 1. The van der Waals surface area contributed by atoms with Crippen LogP contribution in [0.2, 0.25) is 0 Å². The summed E-state index contributed by atoms with van der Waals surface area (Å²) in [6.45, 7) is 0. The molecule has 1 nitrogen and oxygen atoms in total. The van der Waals surface area contributed by atoms with E-state index >= 15 is 0 Å². The zero-order chi connectivity index (χ0) is 20.8. The van der Waals surface area contributed by atoms with Crippen molar-refractivity contribution in [3.63, 3.8) is 0 Å². The molecule has 0 aliphatic rings. The average molecular weight is 408 g/mol. The molecule has 1 aromatic rings. The lowest BCUT2D eigenvalue weighted by molar-refractivity contribution is -0.423. The lowest BCUT2D eigenvalue weighted by Crippen LogP contribution is -2.66. The van der Waals surface area contributed by atoms with Gasteiger partial charge >= 0.3 is 29.9 Å². The Hall–Kier alpha value is -1.66. The van der Waals surface area contributed by atoms with Gasteiger partial charge in [0.15, 0.2) is 0 Å². The second-order valence-electron chi connectivity index (χ2n) is 5.20. The minimum absolute atomic E-state index is 0.571. The number of rotatable bonds is 6. The first-order valence-electron chi connectivity index (χ1n) is 6.40. The molecule has 0 amide bonds. The quantitative estimate of drug-likeness (QED) is 0.629. The van der Waals surface area contributed by atoms with Gasteiger partial charge in [-0.25, -0.2) is 4.39 Å². The molecule has 0 radical (unpaired) electrons. The van der Waals surface area contributed by atoms with Crippen molar-refractivity contribution in [2.45, 2.75) is 42.4 Å². The summed E-state index contributed by atoms with van der Waals surface area (Å²) in [6.07, 6.45) is -12.6. The van der Waals surface area contributed by atoms with Crippen LogP contribution in [0.15, 0.2) is 24.3 Å². The molecule has 0 saturated heterocycles. The molecular weight excluding hydrogens is 400 g/mol. The smallest absolute Gasteiger partial charge is 0.388 e. The summed E-state index contributed by atoms with van der Waals surface area (Å²) in [7, 11) is 0. The first-order chi connectivity index (χ1) is 11.4. The summed E-state index contributed by atoms with van der Waals surface area (Å²) in [6, 6.07) is 2.33. The van der Waals surface area contributed by atoms with E-state index in [1.54, 1.807) is 0 Å². The fraction of sp³-hybridized carbons (Fsp3) is 0.538. The van der Waals surface area contributed by atoms with E-state index in [0.29, 0.717) is 24.3 Å². The predicted octanol–water partition coefficient (Wildman–Crippen LogP) is 5.35. The van der Waals surface area contributed by atoms with Crippen LogP contribution in [0.5, 0.6) is 0 Å². The molecule has 0 aliphatic carbocycles. The number of aliphatic hydroxyl groups excluding tert-OH is 1. The minimum atomic E-state index is -7.52. The highest BCUT2D eigenvalue weighted by Gasteiger charge is 2.87. The Morgan fingerprint density at radius 1 is 0.692 bits per heavy atom. The highest BCUT2D eigenvalue weighted by atomic mass is 19.4. The van der Waals surface area contributed by atoms with E-state index in [1.165, 1.54) is 0 Å². The van der Waals surface area contributed by atoms with Crippen LogP contribution in [0.25, 0.3) is 0 Å². The van der Waals surface area contributed by atoms with Crippen LogP contribution >= 0.6 is 0 Å². The Kier molecular flexibility index (Phi) is 5.59. The maximum Gasteiger partial charge on any atom is 0.460 e. The van der Waals surface area contributed by atoms with Crippen LogP contribution in [-0.4, -0.2) is 35.0 Å². The highest BCUT2D eigenvalue weighted by Crippen LogP contribution is 2.58. The van der Waals surface area contributed by atoms with Crippen molar-refractivity contribution in [2.24, 2.45) is 0 Å². The zero-order valence-corrected chi connectivity index (χ0v) is 12.1. The van der Waals surface area contributed by atoms with Gasteiger partial charge in [-0.1, -0.05) is 12.1 Å². The topological polar surface area (TPSA) is 20.2 Å². The molecule has 1 aromatic carbocycles. The van der Waals surface area contributed by atoms with Gasteiger partial charge in [0.05, 0.1) is 6.10 Å². The standard InChI is InChI=1S/C13H8F12O/c14-7-3-1-6(2-4-7)8(26)5-9(15,16)10(17,18)11(19,20)12(21,22)13(23,24)25/h1-4,8,26H,5H2. The molecule has 0 spiro atoms. The van der Waals surface area contributed by atoms with Gasteiger partial charge in [-0.2, -0.15) is 48.3 Å². The lowest BCUT2D eigenvalue weighted by Gasteiger charge is -2.37. The predicted molar refractivity (Wildman–Crippen MR) is 61.8 cm³/mol. The lowest BCUT2D eigenvalue weighted by atomic mass is 9.92. The molecule has 0 aliphatic heterocycles. The molecular formula is C13H8F12O. The monoisotopic (exact) mass is 408 g/mol. The van der Waals surface area contributed by atoms with Crippen molar-refractivity contribution >= 4 is 0 Å². The first kappa shape index (κ1) is 22.4. The summed E-state index contributed by atoms with van der Waals surface area (Å²) in [5.74, 6) is -29.3. The fourth-order valence-electron chi connectivity index (χ4n) is 1.78. The van der Waals surface area contributed by atoms with Crippen molar-refractivity contribution in [2.75, 3.05) is 0 Å². The van der Waals surface area contributed by atoms with E-state index in [2.05, 4.69) is 0 Å². The van der Waals surface area contributed by atoms with Crippen LogP contribution in [0.1, 0.15) is 18.1 Å². The molecule has 150 valence electrons. The maximum absolute atomic E-state index is 13.5. The summed E-state index contributed by atoms with van der Waals surface area (Å²) in [5, 5.41) is 9.35. The number of halogens is 12. The van der Waals surface area contributed by atoms with E-state index in [4.69, 9.17) is 0 Å². The van der Waals surface area contributed by atoms with Gasteiger partial charge in [0.1, 0.15) is 5.82 Å². The van der Waals surface area contributed by atoms with Crippen LogP contribution in [0.3, 0.4) is 0 Å². The van der Waals surface area contributed by atoms with Crippen molar-refractivity contribution in [3.05, 3.63) is 35.6 Å². The Morgan fingerprint density at radius 3 is 1.50 bits per heavy atom. The third-order valence-corrected chi connectivity index (χ3v) is 3.31. The Morgan fingerprint density at radius 2 is 1.12 bits per heavy atom. The van der Waals surface area contributed by atoms with E-state index in [0.717, 1.165) is 0 Å². The van der Waals surface area contributed by atoms with Crippen molar-refractivity contribution in [1.82, 2.24) is 0 Å². The average Bonchev–Trinajstić information content (AvgIpc) is 2.45. The molecule has 26 heavy (non-hydrogen) atoms. The second-order valence-corrected chi connectivity index (χ2v) is 5.20. The van der Waals surface area contributed by atoms with Gasteiger partial charge in [-0.15, -0.1) is 0 Å². The minimum Gasteiger partial charge on any atom is -0.388 e. The van der Waals surface area contributed by atoms with Gasteiger partial charge in [-0.3, -0.25) is 0 Å². The molecule has 0 aromatic heterocycles. The van der Waals surface area contributed by atoms with Crippen LogP contribution in [0, 0.1) is 5.82 Å². The van der Waals surface area contributed by atoms with E-state index < -0.39 is 53.8 Å². The molecule has 0 fully saturated rings. The summed E-state index contributed by atoms with van der Waals surface area (Å²) >= 11 is 0. The van der Waals surface area contributed by atoms with Gasteiger partial charge in [0, 0.05) is 6.42 Å². The van der Waals surface area contributed by atoms with Gasteiger partial charge < -0.3 is 5.11 Å². The molecule has 13 heteroatoms. The largest absolute Gasteiger partial charge is 0.460 e. The van der Waals surface area contributed by atoms with Gasteiger partial charge in [-0.05, 0) is 17.7 Å². The van der Waals surface area contributed by atoms with Crippen LogP contribution < -0.4 is 0 Å². The molecule has 0 bridgehead atoms. The number of aliphatic hydroxyl groups is 1. The highest BCUT2D eigenvalue weighted by molar-refractivity contribution is 5.19.